The molecule has 0 bridgehead atoms. The van der Waals surface area contributed by atoms with Gasteiger partial charge in [-0.2, -0.15) is 0 Å². The molecule has 0 N–H and O–H groups in total. The largest absolute Gasteiger partial charge is 0.443 e. The van der Waals surface area contributed by atoms with E-state index in [4.69, 9.17) is 0 Å². The summed E-state index contributed by atoms with van der Waals surface area (Å²) in [6, 6.07) is 7.80. The van der Waals surface area contributed by atoms with Crippen molar-refractivity contribution in [1.82, 2.24) is 9.97 Å². The Bertz CT molecular complexity index is 287. The van der Waals surface area contributed by atoms with Crippen LogP contribution in [-0.4, -0.2) is 4.98 Å². The Hall–Kier alpha value is -0.206. The molecule has 0 saturated heterocycles. The van der Waals surface area contributed by atoms with Crippen molar-refractivity contribution in [3.63, 3.8) is 0 Å². The third-order valence-corrected chi connectivity index (χ3v) is 1.28. The van der Waals surface area contributed by atoms with Gasteiger partial charge in [-0.25, -0.2) is 0 Å². The van der Waals surface area contributed by atoms with E-state index in [2.05, 4.69) is 9.97 Å². The van der Waals surface area contributed by atoms with Gasteiger partial charge in [-0.15, -0.1) is 0 Å². The van der Waals surface area contributed by atoms with Crippen LogP contribution in [0.3, 0.4) is 0 Å². The topological polar surface area (TPSA) is 27.0 Å². The first-order valence-electron chi connectivity index (χ1n) is 3.79. The van der Waals surface area contributed by atoms with Gasteiger partial charge in [0.2, 0.25) is 0 Å². The predicted molar refractivity (Wildman–Crippen MR) is 46.4 cm³/mol. The van der Waals surface area contributed by atoms with Crippen LogP contribution in [0.2, 0.25) is 0 Å². The van der Waals surface area contributed by atoms with Crippen LogP contribution in [0.4, 0.5) is 0 Å². The predicted octanol–water partition coefficient (Wildman–Crippen LogP) is 2.22. The minimum absolute atomic E-state index is 0. The average molecular weight is 236 g/mol. The van der Waals surface area contributed by atoms with Crippen molar-refractivity contribution in [3.05, 3.63) is 30.6 Å². The molecule has 0 fully saturated rings. The molecule has 1 radical (unpaired) electrons. The molecule has 1 aromatic heterocycles. The number of aromatic nitrogens is 2. The molecule has 61 valence electrons. The Balaban J connectivity index is 0.000000378. The summed E-state index contributed by atoms with van der Waals surface area (Å²) in [4.78, 5) is 8.02. The van der Waals surface area contributed by atoms with E-state index in [1.165, 1.54) is 0 Å². The van der Waals surface area contributed by atoms with Crippen molar-refractivity contribution >= 4 is 11.0 Å². The molecule has 0 saturated carbocycles. The number of rotatable bonds is 0. The molecule has 0 aliphatic heterocycles. The van der Waals surface area contributed by atoms with Crippen LogP contribution in [0.15, 0.2) is 30.6 Å². The van der Waals surface area contributed by atoms with Crippen LogP contribution >= 0.6 is 0 Å². The summed E-state index contributed by atoms with van der Waals surface area (Å²) in [5.41, 5.74) is 1.94. The maximum Gasteiger partial charge on any atom is 0 e. The molecule has 0 atom stereocenters. The quantitative estimate of drug-likeness (QED) is 0.701. The molecule has 0 aliphatic carbocycles. The van der Waals surface area contributed by atoms with Crippen LogP contribution in [0.25, 0.3) is 11.0 Å². The Morgan fingerprint density at radius 3 is 2.50 bits per heavy atom. The van der Waals surface area contributed by atoms with Crippen molar-refractivity contribution in [2.75, 3.05) is 0 Å². The molecule has 0 unspecified atom stereocenters. The van der Waals surface area contributed by atoms with Gasteiger partial charge in [0.1, 0.15) is 0 Å². The van der Waals surface area contributed by atoms with Gasteiger partial charge < -0.3 is 9.97 Å². The van der Waals surface area contributed by atoms with Crippen LogP contribution < -0.4 is 4.98 Å². The summed E-state index contributed by atoms with van der Waals surface area (Å²) in [5.74, 6) is 0. The number of nitrogens with zero attached hydrogens (tertiary/aromatic N) is 2. The van der Waals surface area contributed by atoms with Crippen molar-refractivity contribution in [2.45, 2.75) is 13.8 Å². The smallest absolute Gasteiger partial charge is 0 e. The van der Waals surface area contributed by atoms with Crippen LogP contribution in [0, 0.1) is 0 Å². The Morgan fingerprint density at radius 2 is 1.83 bits per heavy atom. The SMILES string of the molecule is CC.[Y].c1ccc2[n-]cnc2c1. The molecule has 0 spiro atoms. The molecule has 1 heterocycles. The molecule has 0 amide bonds. The van der Waals surface area contributed by atoms with Crippen LogP contribution in [0.1, 0.15) is 13.8 Å². The number of para-hydroxylation sites is 2. The van der Waals surface area contributed by atoms with Crippen molar-refractivity contribution in [3.8, 4) is 0 Å². The number of benzene rings is 1. The van der Waals surface area contributed by atoms with Gasteiger partial charge in [-0.1, -0.05) is 44.4 Å². The number of fused-ring (bicyclic) bond motifs is 1. The molecule has 2 nitrogen and oxygen atoms in total. The second-order valence-electron chi connectivity index (χ2n) is 1.86. The first kappa shape index (κ1) is 11.8. The number of hydrogen-bond acceptors (Lipinski definition) is 1. The van der Waals surface area contributed by atoms with E-state index < -0.39 is 0 Å². The molecule has 3 heteroatoms. The zero-order chi connectivity index (χ0) is 8.10. The summed E-state index contributed by atoms with van der Waals surface area (Å²) in [6.45, 7) is 4.00. The van der Waals surface area contributed by atoms with E-state index in [1.807, 2.05) is 38.1 Å². The van der Waals surface area contributed by atoms with E-state index in [0.29, 0.717) is 0 Å². The second kappa shape index (κ2) is 6.33. The fraction of sp³-hybridized carbons (Fsp3) is 0.222. The minimum atomic E-state index is 0. The second-order valence-corrected chi connectivity index (χ2v) is 1.86. The van der Waals surface area contributed by atoms with Gasteiger partial charge in [0.25, 0.3) is 0 Å². The summed E-state index contributed by atoms with van der Waals surface area (Å²) in [7, 11) is 0. The third kappa shape index (κ3) is 2.69. The monoisotopic (exact) mass is 236 g/mol. The Labute approximate surface area is 97.7 Å². The molecule has 0 aliphatic rings. The summed E-state index contributed by atoms with van der Waals surface area (Å²) < 4.78 is 0. The first-order chi connectivity index (χ1) is 5.47. The van der Waals surface area contributed by atoms with Crippen molar-refractivity contribution < 1.29 is 32.7 Å². The van der Waals surface area contributed by atoms with Gasteiger partial charge >= 0.3 is 0 Å². The summed E-state index contributed by atoms with van der Waals surface area (Å²) in [5, 5.41) is 0. The van der Waals surface area contributed by atoms with E-state index in [0.717, 1.165) is 11.0 Å². The molecule has 12 heavy (non-hydrogen) atoms. The van der Waals surface area contributed by atoms with Gasteiger partial charge in [0, 0.05) is 32.7 Å². The van der Waals surface area contributed by atoms with Gasteiger partial charge in [0.15, 0.2) is 0 Å². The van der Waals surface area contributed by atoms with E-state index in [-0.39, 0.29) is 32.7 Å². The van der Waals surface area contributed by atoms with E-state index in [1.54, 1.807) is 6.33 Å². The molecular weight excluding hydrogens is 225 g/mol. The zero-order valence-electron chi connectivity index (χ0n) is 7.36. The van der Waals surface area contributed by atoms with E-state index in [9.17, 15) is 0 Å². The Morgan fingerprint density at radius 1 is 1.17 bits per heavy atom. The minimum Gasteiger partial charge on any atom is -0.443 e. The van der Waals surface area contributed by atoms with Gasteiger partial charge in [0.05, 0.1) is 0 Å². The van der Waals surface area contributed by atoms with Crippen molar-refractivity contribution in [2.24, 2.45) is 0 Å². The molecular formula is C9H11N2Y-. The molecule has 1 aromatic carbocycles. The zero-order valence-corrected chi connectivity index (χ0v) is 10.2. The molecule has 2 rings (SSSR count). The first-order valence-corrected chi connectivity index (χ1v) is 3.79. The fourth-order valence-corrected chi connectivity index (χ4v) is 0.836. The van der Waals surface area contributed by atoms with Crippen LogP contribution in [0.5, 0.6) is 0 Å². The average Bonchev–Trinajstić information content (AvgIpc) is 2.55. The van der Waals surface area contributed by atoms with E-state index >= 15 is 0 Å². The number of imidazole rings is 1. The van der Waals surface area contributed by atoms with Gasteiger partial charge in [-0.3, -0.25) is 0 Å². The standard InChI is InChI=1S/C7H5N2.C2H6.Y/c1-2-4-7-6(3-1)8-5-9-7;1-2;/h1-5H;1-2H3;/q-1;;. The maximum atomic E-state index is 4.01. The molecule has 2 aromatic rings. The third-order valence-electron chi connectivity index (χ3n) is 1.28. The summed E-state index contributed by atoms with van der Waals surface area (Å²) >= 11 is 0. The fourth-order valence-electron chi connectivity index (χ4n) is 0.836. The summed E-state index contributed by atoms with van der Waals surface area (Å²) in [6.07, 6.45) is 1.57. The van der Waals surface area contributed by atoms with Crippen LogP contribution in [-0.2, 0) is 32.7 Å². The number of hydrogen-bond donors (Lipinski definition) is 0. The normalized spacial score (nSPS) is 8.17. The maximum absolute atomic E-state index is 4.01. The van der Waals surface area contributed by atoms with Crippen molar-refractivity contribution in [1.29, 1.82) is 0 Å². The Kier molecular flexibility index (Phi) is 6.22. The van der Waals surface area contributed by atoms with Gasteiger partial charge in [-0.05, 0) is 11.0 Å².